The summed E-state index contributed by atoms with van der Waals surface area (Å²) >= 11 is 0. The zero-order valence-corrected chi connectivity index (χ0v) is 14.9. The van der Waals surface area contributed by atoms with E-state index in [1.807, 2.05) is 21.0 Å². The third-order valence-electron chi connectivity index (χ3n) is 2.70. The summed E-state index contributed by atoms with van der Waals surface area (Å²) in [5, 5.41) is 3.08. The number of nitrogens with two attached hydrogens (primary N) is 1. The molecular formula is C14H25IN4O. The molecule has 0 aromatic heterocycles. The van der Waals surface area contributed by atoms with E-state index in [-0.39, 0.29) is 30.0 Å². The minimum atomic E-state index is 0. The summed E-state index contributed by atoms with van der Waals surface area (Å²) in [5.74, 6) is 0.446. The lowest BCUT2D eigenvalue weighted by atomic mass is 10.2. The second kappa shape index (κ2) is 9.82. The fourth-order valence-electron chi connectivity index (χ4n) is 1.67. The molecule has 0 heterocycles. The highest BCUT2D eigenvalue weighted by molar-refractivity contribution is 14.0. The van der Waals surface area contributed by atoms with Crippen LogP contribution in [-0.4, -0.2) is 39.8 Å². The predicted molar refractivity (Wildman–Crippen MR) is 96.0 cm³/mol. The Labute approximate surface area is 138 Å². The number of nitrogens with one attached hydrogen (secondary N) is 1. The quantitative estimate of drug-likeness (QED) is 0.441. The van der Waals surface area contributed by atoms with Crippen molar-refractivity contribution in [1.82, 2.24) is 5.32 Å². The number of anilines is 1. The lowest BCUT2D eigenvalue weighted by Crippen LogP contribution is -2.40. The van der Waals surface area contributed by atoms with Crippen LogP contribution in [0.4, 0.5) is 5.69 Å². The molecule has 0 amide bonds. The molecule has 1 aromatic rings. The van der Waals surface area contributed by atoms with Crippen LogP contribution < -0.4 is 16.0 Å². The third-order valence-corrected chi connectivity index (χ3v) is 2.70. The number of aliphatic imine (C=N–C) groups is 1. The molecular weight excluding hydrogens is 367 g/mol. The first-order chi connectivity index (χ1) is 9.02. The fraction of sp³-hybridized carbons (Fsp3) is 0.500. The van der Waals surface area contributed by atoms with Crippen molar-refractivity contribution in [2.45, 2.75) is 19.5 Å². The van der Waals surface area contributed by atoms with Crippen LogP contribution in [-0.2, 0) is 11.3 Å². The van der Waals surface area contributed by atoms with E-state index in [0.717, 1.165) is 5.56 Å². The van der Waals surface area contributed by atoms with Gasteiger partial charge in [0.2, 0.25) is 0 Å². The van der Waals surface area contributed by atoms with Crippen LogP contribution in [0.2, 0.25) is 0 Å². The first-order valence-electron chi connectivity index (χ1n) is 6.34. The van der Waals surface area contributed by atoms with Crippen LogP contribution in [0.25, 0.3) is 0 Å². The second-order valence-corrected chi connectivity index (χ2v) is 4.76. The summed E-state index contributed by atoms with van der Waals surface area (Å²) < 4.78 is 5.03. The minimum absolute atomic E-state index is 0. The van der Waals surface area contributed by atoms with Crippen molar-refractivity contribution in [3.8, 4) is 0 Å². The van der Waals surface area contributed by atoms with E-state index in [4.69, 9.17) is 10.5 Å². The molecule has 1 rings (SSSR count). The molecule has 1 unspecified atom stereocenters. The van der Waals surface area contributed by atoms with Crippen molar-refractivity contribution in [3.05, 3.63) is 29.8 Å². The normalized spacial score (nSPS) is 12.5. The number of benzene rings is 1. The van der Waals surface area contributed by atoms with Gasteiger partial charge in [-0.1, -0.05) is 12.1 Å². The van der Waals surface area contributed by atoms with E-state index in [0.29, 0.717) is 19.1 Å². The van der Waals surface area contributed by atoms with Gasteiger partial charge in [-0.15, -0.1) is 24.0 Å². The summed E-state index contributed by atoms with van der Waals surface area (Å²) in [6.45, 7) is 3.18. The number of guanidine groups is 1. The van der Waals surface area contributed by atoms with Gasteiger partial charge in [0.25, 0.3) is 0 Å². The molecule has 0 saturated heterocycles. The highest BCUT2D eigenvalue weighted by Crippen LogP contribution is 2.12. The van der Waals surface area contributed by atoms with Crippen molar-refractivity contribution < 1.29 is 4.74 Å². The Morgan fingerprint density at radius 1 is 1.35 bits per heavy atom. The standard InChI is InChI=1S/C14H24N4O.HI/c1-11(10-19-4)17-14(15)16-9-12-5-7-13(8-6-12)18(2)3;/h5-8,11H,9-10H2,1-4H3,(H3,15,16,17);1H. The highest BCUT2D eigenvalue weighted by atomic mass is 127. The number of hydrogen-bond donors (Lipinski definition) is 2. The lowest BCUT2D eigenvalue weighted by molar-refractivity contribution is 0.179. The molecule has 0 spiro atoms. The summed E-state index contributed by atoms with van der Waals surface area (Å²) in [6.07, 6.45) is 0. The Hall–Kier alpha value is -1.02. The smallest absolute Gasteiger partial charge is 0.189 e. The van der Waals surface area contributed by atoms with Gasteiger partial charge in [0.15, 0.2) is 5.96 Å². The number of nitrogens with zero attached hydrogens (tertiary/aromatic N) is 2. The molecule has 5 nitrogen and oxygen atoms in total. The number of rotatable bonds is 6. The van der Waals surface area contributed by atoms with E-state index in [2.05, 4.69) is 39.5 Å². The summed E-state index contributed by atoms with van der Waals surface area (Å²) in [7, 11) is 5.70. The van der Waals surface area contributed by atoms with Gasteiger partial charge < -0.3 is 20.7 Å². The Bertz CT molecular complexity index is 406. The topological polar surface area (TPSA) is 62.9 Å². The minimum Gasteiger partial charge on any atom is -0.383 e. The van der Waals surface area contributed by atoms with Crippen molar-refractivity contribution in [3.63, 3.8) is 0 Å². The first kappa shape index (κ1) is 19.0. The first-order valence-corrected chi connectivity index (χ1v) is 6.34. The summed E-state index contributed by atoms with van der Waals surface area (Å²) in [4.78, 5) is 6.37. The van der Waals surface area contributed by atoms with Gasteiger partial charge >= 0.3 is 0 Å². The lowest BCUT2D eigenvalue weighted by Gasteiger charge is -2.13. The number of ether oxygens (including phenoxy) is 1. The average molecular weight is 392 g/mol. The zero-order valence-electron chi connectivity index (χ0n) is 12.6. The summed E-state index contributed by atoms with van der Waals surface area (Å²) in [5.41, 5.74) is 8.11. The average Bonchev–Trinajstić information content (AvgIpc) is 2.37. The van der Waals surface area contributed by atoms with E-state index in [1.54, 1.807) is 7.11 Å². The molecule has 3 N–H and O–H groups in total. The van der Waals surface area contributed by atoms with E-state index in [9.17, 15) is 0 Å². The maximum absolute atomic E-state index is 5.81. The molecule has 114 valence electrons. The van der Waals surface area contributed by atoms with Gasteiger partial charge in [-0.3, -0.25) is 0 Å². The number of halogens is 1. The maximum atomic E-state index is 5.81. The maximum Gasteiger partial charge on any atom is 0.189 e. The van der Waals surface area contributed by atoms with Crippen molar-refractivity contribution in [2.24, 2.45) is 10.7 Å². The van der Waals surface area contributed by atoms with Gasteiger partial charge in [-0.05, 0) is 24.6 Å². The Morgan fingerprint density at radius 2 is 1.95 bits per heavy atom. The monoisotopic (exact) mass is 392 g/mol. The Balaban J connectivity index is 0.00000361. The molecule has 0 aliphatic rings. The van der Waals surface area contributed by atoms with Crippen molar-refractivity contribution >= 4 is 35.6 Å². The molecule has 0 fully saturated rings. The molecule has 20 heavy (non-hydrogen) atoms. The van der Waals surface area contributed by atoms with Crippen LogP contribution in [0.1, 0.15) is 12.5 Å². The molecule has 0 saturated carbocycles. The van der Waals surface area contributed by atoms with E-state index < -0.39 is 0 Å². The Morgan fingerprint density at radius 3 is 2.45 bits per heavy atom. The van der Waals surface area contributed by atoms with E-state index in [1.165, 1.54) is 5.69 Å². The highest BCUT2D eigenvalue weighted by Gasteiger charge is 2.01. The van der Waals surface area contributed by atoms with Gasteiger partial charge in [0.05, 0.1) is 13.2 Å². The largest absolute Gasteiger partial charge is 0.383 e. The van der Waals surface area contributed by atoms with Crippen molar-refractivity contribution in [1.29, 1.82) is 0 Å². The number of hydrogen-bond acceptors (Lipinski definition) is 3. The molecule has 0 radical (unpaired) electrons. The van der Waals surface area contributed by atoms with Gasteiger partial charge in [-0.25, -0.2) is 4.99 Å². The van der Waals surface area contributed by atoms with Crippen LogP contribution in [0, 0.1) is 0 Å². The zero-order chi connectivity index (χ0) is 14.3. The number of methoxy groups -OCH3 is 1. The van der Waals surface area contributed by atoms with Gasteiger partial charge in [0, 0.05) is 32.9 Å². The molecule has 1 aromatic carbocycles. The van der Waals surface area contributed by atoms with Gasteiger partial charge in [-0.2, -0.15) is 0 Å². The predicted octanol–water partition coefficient (Wildman–Crippen LogP) is 1.81. The SMILES string of the molecule is COCC(C)NC(N)=NCc1ccc(N(C)C)cc1.I. The molecule has 0 aliphatic heterocycles. The van der Waals surface area contributed by atoms with E-state index >= 15 is 0 Å². The summed E-state index contributed by atoms with van der Waals surface area (Å²) in [6, 6.07) is 8.42. The van der Waals surface area contributed by atoms with Crippen molar-refractivity contribution in [2.75, 3.05) is 32.7 Å². The third kappa shape index (κ3) is 6.95. The molecule has 0 aliphatic carbocycles. The Kier molecular flexibility index (Phi) is 9.32. The fourth-order valence-corrected chi connectivity index (χ4v) is 1.67. The van der Waals surface area contributed by atoms with Gasteiger partial charge in [0.1, 0.15) is 0 Å². The molecule has 6 heteroatoms. The van der Waals surface area contributed by atoms with Crippen LogP contribution >= 0.6 is 24.0 Å². The molecule has 0 bridgehead atoms. The van der Waals surface area contributed by atoms with Crippen LogP contribution in [0.3, 0.4) is 0 Å². The van der Waals surface area contributed by atoms with Crippen LogP contribution in [0.15, 0.2) is 29.3 Å². The van der Waals surface area contributed by atoms with Crippen LogP contribution in [0.5, 0.6) is 0 Å². The second-order valence-electron chi connectivity index (χ2n) is 4.76. The molecule has 1 atom stereocenters.